The number of carboxylic acid groups (broad SMARTS) is 1. The van der Waals surface area contributed by atoms with Crippen molar-refractivity contribution in [1.82, 2.24) is 5.32 Å². The summed E-state index contributed by atoms with van der Waals surface area (Å²) in [6.07, 6.45) is 0.706. The fourth-order valence-corrected chi connectivity index (χ4v) is 1.01. The van der Waals surface area contributed by atoms with Crippen LogP contribution in [0.15, 0.2) is 4.99 Å². The van der Waals surface area contributed by atoms with Crippen molar-refractivity contribution in [3.63, 3.8) is 0 Å². The molecule has 0 rings (SSSR count). The number of nitrogens with zero attached hydrogens (tertiary/aromatic N) is 1. The smallest absolute Gasteiger partial charge is 0.480 e. The van der Waals surface area contributed by atoms with Crippen molar-refractivity contribution in [3.8, 4) is 0 Å². The average molecular weight is 295 g/mol. The van der Waals surface area contributed by atoms with Crippen LogP contribution in [0.1, 0.15) is 12.8 Å². The van der Waals surface area contributed by atoms with Crippen LogP contribution >= 0.6 is 0 Å². The number of carbonyl (C=O) groups excluding carboxylic acids is 1. The molecule has 1 atom stereocenters. The minimum atomic E-state index is -1.11. The van der Waals surface area contributed by atoms with Crippen LogP contribution in [0.3, 0.4) is 0 Å². The van der Waals surface area contributed by atoms with Gasteiger partial charge in [0.25, 0.3) is 0 Å². The molecular formula is C8H17CuN5O3+2. The number of nitrogens with one attached hydrogen (secondary N) is 1. The molecule has 0 aliphatic carbocycles. The molecule has 0 fully saturated rings. The minimum absolute atomic E-state index is 0. The SMILES string of the molecule is NCC(=O)NC(CCCN=C(N)N)C(=O)O.[Cu+2]. The molecule has 0 aromatic heterocycles. The van der Waals surface area contributed by atoms with E-state index in [9.17, 15) is 9.59 Å². The molecule has 9 heteroatoms. The average Bonchev–Trinajstić information content (AvgIpc) is 2.21. The molecule has 0 aliphatic rings. The van der Waals surface area contributed by atoms with E-state index in [1.807, 2.05) is 0 Å². The second kappa shape index (κ2) is 9.88. The van der Waals surface area contributed by atoms with Crippen LogP contribution in [0, 0.1) is 0 Å². The van der Waals surface area contributed by atoms with Crippen LogP contribution in [0.5, 0.6) is 0 Å². The van der Waals surface area contributed by atoms with Crippen molar-refractivity contribution in [2.24, 2.45) is 22.2 Å². The fraction of sp³-hybridized carbons (Fsp3) is 0.625. The predicted molar refractivity (Wildman–Crippen MR) is 58.5 cm³/mol. The van der Waals surface area contributed by atoms with Crippen molar-refractivity contribution in [3.05, 3.63) is 0 Å². The number of aliphatic carboxylic acids is 1. The number of carbonyl (C=O) groups is 2. The van der Waals surface area contributed by atoms with Crippen molar-refractivity contribution in [2.75, 3.05) is 13.1 Å². The van der Waals surface area contributed by atoms with Gasteiger partial charge in [-0.15, -0.1) is 0 Å². The summed E-state index contributed by atoms with van der Waals surface area (Å²) in [5.41, 5.74) is 15.2. The van der Waals surface area contributed by atoms with Gasteiger partial charge in [0, 0.05) is 6.54 Å². The summed E-state index contributed by atoms with van der Waals surface area (Å²) in [6.45, 7) is 0.0856. The van der Waals surface area contributed by atoms with Crippen LogP contribution in [0.2, 0.25) is 0 Å². The van der Waals surface area contributed by atoms with Crippen LogP contribution < -0.4 is 22.5 Å². The topological polar surface area (TPSA) is 157 Å². The van der Waals surface area contributed by atoms with Gasteiger partial charge in [0.15, 0.2) is 5.96 Å². The molecule has 0 aromatic carbocycles. The largest absolute Gasteiger partial charge is 2.00 e. The number of nitrogens with two attached hydrogens (primary N) is 3. The Balaban J connectivity index is 0. The van der Waals surface area contributed by atoms with E-state index in [1.165, 1.54) is 0 Å². The van der Waals surface area contributed by atoms with E-state index in [1.54, 1.807) is 0 Å². The van der Waals surface area contributed by atoms with E-state index >= 15 is 0 Å². The van der Waals surface area contributed by atoms with E-state index in [0.29, 0.717) is 13.0 Å². The zero-order valence-electron chi connectivity index (χ0n) is 9.15. The zero-order chi connectivity index (χ0) is 12.6. The number of aliphatic imine (C=N–C) groups is 1. The number of hydrogen-bond acceptors (Lipinski definition) is 4. The summed E-state index contributed by atoms with van der Waals surface area (Å²) in [5, 5.41) is 11.1. The molecule has 8 nitrogen and oxygen atoms in total. The maximum atomic E-state index is 10.9. The summed E-state index contributed by atoms with van der Waals surface area (Å²) in [7, 11) is 0. The molecule has 0 aliphatic heterocycles. The second-order valence-electron chi connectivity index (χ2n) is 3.11. The molecule has 101 valence electrons. The Labute approximate surface area is 109 Å². The van der Waals surface area contributed by atoms with E-state index in [4.69, 9.17) is 22.3 Å². The monoisotopic (exact) mass is 294 g/mol. The number of hydrogen-bond donors (Lipinski definition) is 5. The van der Waals surface area contributed by atoms with Crippen molar-refractivity contribution < 1.29 is 31.8 Å². The molecule has 1 unspecified atom stereocenters. The predicted octanol–water partition coefficient (Wildman–Crippen LogP) is -2.43. The molecule has 8 N–H and O–H groups in total. The third kappa shape index (κ3) is 9.61. The fourth-order valence-electron chi connectivity index (χ4n) is 1.01. The zero-order valence-corrected chi connectivity index (χ0v) is 10.1. The summed E-state index contributed by atoms with van der Waals surface area (Å²) >= 11 is 0. The summed E-state index contributed by atoms with van der Waals surface area (Å²) < 4.78 is 0. The number of rotatable bonds is 7. The third-order valence-electron chi connectivity index (χ3n) is 1.76. The molecule has 17 heavy (non-hydrogen) atoms. The Morgan fingerprint density at radius 1 is 1.35 bits per heavy atom. The normalized spacial score (nSPS) is 10.9. The van der Waals surface area contributed by atoms with Crippen LogP contribution in [0.4, 0.5) is 0 Å². The van der Waals surface area contributed by atoms with Gasteiger partial charge in [-0.2, -0.15) is 0 Å². The molecule has 1 radical (unpaired) electrons. The first-order valence-corrected chi connectivity index (χ1v) is 4.75. The first kappa shape index (κ1) is 18.1. The Morgan fingerprint density at radius 2 is 1.94 bits per heavy atom. The molecule has 0 aromatic rings. The number of amides is 1. The van der Waals surface area contributed by atoms with Crippen molar-refractivity contribution in [1.29, 1.82) is 0 Å². The van der Waals surface area contributed by atoms with Gasteiger partial charge in [0.1, 0.15) is 6.04 Å². The maximum absolute atomic E-state index is 10.9. The number of carboxylic acids is 1. The first-order valence-electron chi connectivity index (χ1n) is 4.75. The molecule has 1 amide bonds. The van der Waals surface area contributed by atoms with Gasteiger partial charge in [-0.25, -0.2) is 4.79 Å². The Hall–Kier alpha value is -1.31. The maximum Gasteiger partial charge on any atom is 2.00 e. The Morgan fingerprint density at radius 3 is 2.35 bits per heavy atom. The summed E-state index contributed by atoms with van der Waals surface area (Å²) in [6, 6.07) is -0.953. The molecule has 0 saturated carbocycles. The molecule has 0 saturated heterocycles. The molecule has 0 spiro atoms. The van der Waals surface area contributed by atoms with Gasteiger partial charge < -0.3 is 27.6 Å². The van der Waals surface area contributed by atoms with Gasteiger partial charge in [-0.05, 0) is 12.8 Å². The van der Waals surface area contributed by atoms with Crippen molar-refractivity contribution >= 4 is 17.8 Å². The van der Waals surface area contributed by atoms with Crippen LogP contribution in [-0.2, 0) is 26.7 Å². The van der Waals surface area contributed by atoms with E-state index in [0.717, 1.165) is 0 Å². The van der Waals surface area contributed by atoms with Gasteiger partial charge in [0.05, 0.1) is 6.54 Å². The van der Waals surface area contributed by atoms with E-state index in [2.05, 4.69) is 10.3 Å². The van der Waals surface area contributed by atoms with Gasteiger partial charge in [-0.1, -0.05) is 0 Å². The van der Waals surface area contributed by atoms with Gasteiger partial charge >= 0.3 is 23.0 Å². The molecule has 0 bridgehead atoms. The Kier molecular flexibility index (Phi) is 10.5. The van der Waals surface area contributed by atoms with Gasteiger partial charge in [0.2, 0.25) is 5.91 Å². The second-order valence-corrected chi connectivity index (χ2v) is 3.11. The number of guanidine groups is 1. The molecular weight excluding hydrogens is 278 g/mol. The van der Waals surface area contributed by atoms with Gasteiger partial charge in [-0.3, -0.25) is 9.79 Å². The van der Waals surface area contributed by atoms with E-state index < -0.39 is 17.9 Å². The summed E-state index contributed by atoms with van der Waals surface area (Å²) in [5.74, 6) is -1.65. The first-order chi connectivity index (χ1) is 7.47. The van der Waals surface area contributed by atoms with E-state index in [-0.39, 0.29) is 36.0 Å². The summed E-state index contributed by atoms with van der Waals surface area (Å²) in [4.78, 5) is 25.3. The minimum Gasteiger partial charge on any atom is -0.480 e. The Bertz CT molecular complexity index is 280. The molecule has 0 heterocycles. The van der Waals surface area contributed by atoms with Crippen LogP contribution in [-0.4, -0.2) is 42.1 Å². The standard InChI is InChI=1S/C8H17N5O3.Cu/c9-4-6(14)13-5(7(15)16)2-1-3-12-8(10)11;/h5H,1-4,9H2,(H,13,14)(H,15,16)(H4,10,11,12);/q;+2. The quantitative estimate of drug-likeness (QED) is 0.152. The van der Waals surface area contributed by atoms with Crippen LogP contribution in [0.25, 0.3) is 0 Å². The van der Waals surface area contributed by atoms with Crippen molar-refractivity contribution in [2.45, 2.75) is 18.9 Å². The third-order valence-corrected chi connectivity index (χ3v) is 1.76.